The van der Waals surface area contributed by atoms with Crippen molar-refractivity contribution >= 4 is 16.9 Å². The molecule has 116 valence electrons. The molecule has 3 rings (SSSR count). The Morgan fingerprint density at radius 3 is 3.05 bits per heavy atom. The predicted octanol–water partition coefficient (Wildman–Crippen LogP) is -2.06. The fourth-order valence-electron chi connectivity index (χ4n) is 2.87. The van der Waals surface area contributed by atoms with Crippen molar-refractivity contribution in [3.63, 3.8) is 0 Å². The largest absolute Gasteiger partial charge is 0.465 e. The molecule has 1 aromatic carbocycles. The zero-order valence-corrected chi connectivity index (χ0v) is 12.1. The zero-order valence-electron chi connectivity index (χ0n) is 12.1. The molecule has 1 fully saturated rings. The normalized spacial score (nSPS) is 24.5. The minimum atomic E-state index is -0.594. The number of hydrogen-bond acceptors (Lipinski definition) is 6. The van der Waals surface area contributed by atoms with Gasteiger partial charge in [-0.1, -0.05) is 17.3 Å². The van der Waals surface area contributed by atoms with Crippen molar-refractivity contribution in [2.45, 2.75) is 25.2 Å². The van der Waals surface area contributed by atoms with E-state index in [9.17, 15) is 14.7 Å². The highest BCUT2D eigenvalue weighted by Gasteiger charge is 2.41. The quantitative estimate of drug-likeness (QED) is 0.633. The van der Waals surface area contributed by atoms with E-state index in [2.05, 4.69) is 10.3 Å². The van der Waals surface area contributed by atoms with Gasteiger partial charge < -0.3 is 14.7 Å². The number of hydrogen-bond donors (Lipinski definition) is 2. The molecule has 1 aliphatic rings. The SMILES string of the molecule is COC(=O)[C@@H]1C[C@H](O)C[NH+]1Cn1nnc2ccccc2c1=O. The maximum absolute atomic E-state index is 12.4. The Morgan fingerprint density at radius 2 is 2.27 bits per heavy atom. The first kappa shape index (κ1) is 14.6. The number of benzene rings is 1. The van der Waals surface area contributed by atoms with E-state index < -0.39 is 18.1 Å². The molecule has 0 radical (unpaired) electrons. The van der Waals surface area contributed by atoms with Crippen LogP contribution in [-0.2, 0) is 16.2 Å². The molecule has 0 saturated carbocycles. The zero-order chi connectivity index (χ0) is 15.7. The Labute approximate surface area is 125 Å². The molecule has 1 unspecified atom stereocenters. The third-order valence-corrected chi connectivity index (χ3v) is 3.97. The summed E-state index contributed by atoms with van der Waals surface area (Å²) >= 11 is 0. The number of likely N-dealkylation sites (tertiary alicyclic amines) is 1. The molecule has 0 bridgehead atoms. The first-order valence-corrected chi connectivity index (χ1v) is 7.03. The van der Waals surface area contributed by atoms with E-state index in [-0.39, 0.29) is 12.2 Å². The number of nitrogens with zero attached hydrogens (tertiary/aromatic N) is 3. The molecule has 8 heteroatoms. The highest BCUT2D eigenvalue weighted by molar-refractivity contribution is 5.76. The van der Waals surface area contributed by atoms with Gasteiger partial charge in [-0.2, -0.15) is 4.68 Å². The van der Waals surface area contributed by atoms with E-state index in [0.29, 0.717) is 23.9 Å². The van der Waals surface area contributed by atoms with Crippen molar-refractivity contribution in [2.24, 2.45) is 0 Å². The number of esters is 1. The van der Waals surface area contributed by atoms with Crippen LogP contribution < -0.4 is 10.5 Å². The van der Waals surface area contributed by atoms with E-state index in [1.54, 1.807) is 24.3 Å². The first-order chi connectivity index (χ1) is 10.6. The molecule has 1 aliphatic heterocycles. The van der Waals surface area contributed by atoms with Crippen LogP contribution >= 0.6 is 0 Å². The van der Waals surface area contributed by atoms with Gasteiger partial charge in [0.05, 0.1) is 12.5 Å². The summed E-state index contributed by atoms with van der Waals surface area (Å²) in [6, 6.07) is 6.46. The molecule has 8 nitrogen and oxygen atoms in total. The minimum Gasteiger partial charge on any atom is -0.465 e. The van der Waals surface area contributed by atoms with Crippen molar-refractivity contribution in [1.29, 1.82) is 0 Å². The maximum Gasteiger partial charge on any atom is 0.364 e. The monoisotopic (exact) mass is 305 g/mol. The van der Waals surface area contributed by atoms with E-state index in [0.717, 1.165) is 4.90 Å². The number of aliphatic hydroxyl groups excluding tert-OH is 1. The summed E-state index contributed by atoms with van der Waals surface area (Å²) in [6.07, 6.45) is -0.277. The Morgan fingerprint density at radius 1 is 1.50 bits per heavy atom. The van der Waals surface area contributed by atoms with E-state index in [1.807, 2.05) is 0 Å². The number of aromatic nitrogens is 3. The number of aliphatic hydroxyl groups is 1. The average molecular weight is 305 g/mol. The van der Waals surface area contributed by atoms with Crippen LogP contribution in [0, 0.1) is 0 Å². The smallest absolute Gasteiger partial charge is 0.364 e. The van der Waals surface area contributed by atoms with Gasteiger partial charge in [0.15, 0.2) is 12.7 Å². The standard InChI is InChI=1S/C14H16N4O4/c1-22-14(21)12-6-9(19)7-17(12)8-18-13(20)10-4-2-3-5-11(10)15-16-18/h2-5,9,12,19H,6-8H2,1H3/p+1/t9-,12-/m0/s1. The number of fused-ring (bicyclic) bond motifs is 1. The minimum absolute atomic E-state index is 0.160. The van der Waals surface area contributed by atoms with Crippen molar-refractivity contribution in [2.75, 3.05) is 13.7 Å². The first-order valence-electron chi connectivity index (χ1n) is 7.03. The predicted molar refractivity (Wildman–Crippen MR) is 76.1 cm³/mol. The lowest BCUT2D eigenvalue weighted by Gasteiger charge is -2.19. The van der Waals surface area contributed by atoms with Gasteiger partial charge in [0, 0.05) is 6.42 Å². The van der Waals surface area contributed by atoms with Crippen LogP contribution in [0.2, 0.25) is 0 Å². The number of ether oxygens (including phenoxy) is 1. The summed E-state index contributed by atoms with van der Waals surface area (Å²) in [4.78, 5) is 24.9. The van der Waals surface area contributed by atoms with Crippen LogP contribution in [0.25, 0.3) is 10.9 Å². The highest BCUT2D eigenvalue weighted by atomic mass is 16.5. The van der Waals surface area contributed by atoms with Crippen LogP contribution in [-0.4, -0.2) is 51.9 Å². The van der Waals surface area contributed by atoms with E-state index >= 15 is 0 Å². The Bertz CT molecular complexity index is 760. The molecule has 2 aromatic rings. The molecule has 0 amide bonds. The number of nitrogens with one attached hydrogen (secondary N) is 1. The molecule has 2 N–H and O–H groups in total. The van der Waals surface area contributed by atoms with Gasteiger partial charge in [-0.3, -0.25) is 4.79 Å². The molecule has 3 atom stereocenters. The Balaban J connectivity index is 1.91. The number of carbonyl (C=O) groups excluding carboxylic acids is 1. The molecular formula is C14H17N4O4+. The summed E-state index contributed by atoms with van der Waals surface area (Å²) in [7, 11) is 1.31. The lowest BCUT2D eigenvalue weighted by molar-refractivity contribution is -0.928. The van der Waals surface area contributed by atoms with Gasteiger partial charge in [0.1, 0.15) is 18.2 Å². The number of methoxy groups -OCH3 is 1. The number of rotatable bonds is 3. The number of carbonyl (C=O) groups is 1. The van der Waals surface area contributed by atoms with Gasteiger partial charge >= 0.3 is 5.97 Å². The lowest BCUT2D eigenvalue weighted by atomic mass is 10.2. The third kappa shape index (κ3) is 2.58. The van der Waals surface area contributed by atoms with Crippen molar-refractivity contribution in [3.05, 3.63) is 34.6 Å². The van der Waals surface area contributed by atoms with Crippen LogP contribution in [0.5, 0.6) is 0 Å². The molecule has 1 saturated heterocycles. The third-order valence-electron chi connectivity index (χ3n) is 3.97. The molecular weight excluding hydrogens is 288 g/mol. The summed E-state index contributed by atoms with van der Waals surface area (Å²) in [5, 5.41) is 18.2. The van der Waals surface area contributed by atoms with Crippen molar-refractivity contribution in [3.8, 4) is 0 Å². The summed E-state index contributed by atoms with van der Waals surface area (Å²) in [6.45, 7) is 0.522. The van der Waals surface area contributed by atoms with E-state index in [1.165, 1.54) is 11.8 Å². The summed E-state index contributed by atoms with van der Waals surface area (Å²) in [5.41, 5.74) is 0.271. The van der Waals surface area contributed by atoms with Gasteiger partial charge in [-0.05, 0) is 12.1 Å². The highest BCUT2D eigenvalue weighted by Crippen LogP contribution is 2.05. The fourth-order valence-corrected chi connectivity index (χ4v) is 2.87. The van der Waals surface area contributed by atoms with Crippen LogP contribution in [0.4, 0.5) is 0 Å². The molecule has 0 aliphatic carbocycles. The lowest BCUT2D eigenvalue weighted by Crippen LogP contribution is -3.14. The van der Waals surface area contributed by atoms with Gasteiger partial charge in [-0.15, -0.1) is 5.10 Å². The van der Waals surface area contributed by atoms with Crippen molar-refractivity contribution in [1.82, 2.24) is 15.0 Å². The average Bonchev–Trinajstić information content (AvgIpc) is 2.90. The molecule has 1 aromatic heterocycles. The van der Waals surface area contributed by atoms with Crippen LogP contribution in [0.1, 0.15) is 6.42 Å². The second-order valence-corrected chi connectivity index (χ2v) is 5.40. The molecule has 22 heavy (non-hydrogen) atoms. The Kier molecular flexibility index (Phi) is 3.86. The molecule has 0 spiro atoms. The van der Waals surface area contributed by atoms with Crippen LogP contribution in [0.15, 0.2) is 29.1 Å². The fraction of sp³-hybridized carbons (Fsp3) is 0.429. The summed E-state index contributed by atoms with van der Waals surface area (Å²) in [5.74, 6) is -0.395. The number of quaternary nitrogens is 1. The van der Waals surface area contributed by atoms with Crippen molar-refractivity contribution < 1.29 is 19.5 Å². The maximum atomic E-state index is 12.4. The van der Waals surface area contributed by atoms with Gasteiger partial charge in [0.25, 0.3) is 5.56 Å². The second kappa shape index (κ2) is 5.82. The topological polar surface area (TPSA) is 98.8 Å². The second-order valence-electron chi connectivity index (χ2n) is 5.40. The molecule has 2 heterocycles. The van der Waals surface area contributed by atoms with Gasteiger partial charge in [0.2, 0.25) is 0 Å². The Hall–Kier alpha value is -2.32. The van der Waals surface area contributed by atoms with E-state index in [4.69, 9.17) is 4.74 Å². The van der Waals surface area contributed by atoms with Gasteiger partial charge in [-0.25, -0.2) is 4.79 Å². The van der Waals surface area contributed by atoms with Crippen LogP contribution in [0.3, 0.4) is 0 Å². The summed E-state index contributed by atoms with van der Waals surface area (Å²) < 4.78 is 5.98.